The summed E-state index contributed by atoms with van der Waals surface area (Å²) in [6.07, 6.45) is 0. The molecular weight excluding hydrogens is 106 g/mol. The summed E-state index contributed by atoms with van der Waals surface area (Å²) in [5, 5.41) is 13.7. The van der Waals surface area contributed by atoms with Crippen LogP contribution in [0.5, 0.6) is 0 Å². The quantitative estimate of drug-likeness (QED) is 0.499. The molecule has 1 rings (SSSR count). The average molecular weight is 113 g/mol. The summed E-state index contributed by atoms with van der Waals surface area (Å²) >= 11 is 0. The van der Waals surface area contributed by atoms with Crippen LogP contribution in [-0.4, -0.2) is 25.7 Å². The minimum Gasteiger partial charge on any atom is -0.142 e. The van der Waals surface area contributed by atoms with Gasteiger partial charge >= 0.3 is 0 Å². The second-order valence-corrected chi connectivity index (χ2v) is 1.77. The molecule has 1 heterocycles. The van der Waals surface area contributed by atoms with Crippen molar-refractivity contribution in [3.8, 4) is 0 Å². The third kappa shape index (κ3) is 0.800. The van der Waals surface area contributed by atoms with E-state index in [1.165, 1.54) is 4.80 Å². The lowest BCUT2D eigenvalue weighted by Crippen LogP contribution is -2.04. The van der Waals surface area contributed by atoms with Gasteiger partial charge in [0.05, 0.1) is 6.04 Å². The number of aromatic nitrogens is 5. The Morgan fingerprint density at radius 3 is 1.88 bits per heavy atom. The number of hydrogen-bond acceptors (Lipinski definition) is 4. The molecule has 0 spiro atoms. The van der Waals surface area contributed by atoms with Crippen molar-refractivity contribution in [3.05, 3.63) is 0 Å². The van der Waals surface area contributed by atoms with E-state index in [1.54, 1.807) is 0 Å². The third-order valence-corrected chi connectivity index (χ3v) is 0.765. The van der Waals surface area contributed by atoms with E-state index < -0.39 is 0 Å². The largest absolute Gasteiger partial charge is 0.142 e. The maximum absolute atomic E-state index is 3.56. The van der Waals surface area contributed by atoms with Gasteiger partial charge in [-0.1, -0.05) is 0 Å². The van der Waals surface area contributed by atoms with Gasteiger partial charge < -0.3 is 0 Å². The van der Waals surface area contributed by atoms with Crippen LogP contribution < -0.4 is 0 Å². The Balaban J connectivity index is 2.77. The van der Waals surface area contributed by atoms with E-state index in [4.69, 9.17) is 0 Å². The lowest BCUT2D eigenvalue weighted by atomic mass is 10.4. The van der Waals surface area contributed by atoms with Crippen LogP contribution in [0.25, 0.3) is 0 Å². The van der Waals surface area contributed by atoms with Crippen molar-refractivity contribution < 1.29 is 0 Å². The van der Waals surface area contributed by atoms with Gasteiger partial charge in [-0.25, -0.2) is 0 Å². The molecule has 0 unspecified atom stereocenters. The average Bonchev–Trinajstić information content (AvgIpc) is 2.12. The van der Waals surface area contributed by atoms with Crippen molar-refractivity contribution in [1.82, 2.24) is 25.7 Å². The van der Waals surface area contributed by atoms with Crippen LogP contribution in [0, 0.1) is 0 Å². The number of hydrogen-bond donors (Lipinski definition) is 0. The van der Waals surface area contributed by atoms with Gasteiger partial charge in [0.15, 0.2) is 0 Å². The van der Waals surface area contributed by atoms with Gasteiger partial charge in [-0.3, -0.25) is 0 Å². The first kappa shape index (κ1) is 5.14. The number of rotatable bonds is 1. The molecule has 0 saturated carbocycles. The first-order valence-electron chi connectivity index (χ1n) is 2.41. The molecular formula is C3H7N5. The molecule has 0 N–H and O–H groups in total. The molecule has 1 aromatic heterocycles. The monoisotopic (exact) mass is 113 g/mol. The summed E-state index contributed by atoms with van der Waals surface area (Å²) in [7, 11) is 0. The SMILES string of the molecule is CC(C)n1nnnn1. The summed E-state index contributed by atoms with van der Waals surface area (Å²) < 4.78 is 0. The first-order chi connectivity index (χ1) is 3.80. The predicted molar refractivity (Wildman–Crippen MR) is 26.0 cm³/mol. The molecule has 8 heavy (non-hydrogen) atoms. The van der Waals surface area contributed by atoms with Crippen LogP contribution >= 0.6 is 0 Å². The zero-order valence-electron chi connectivity index (χ0n) is 4.81. The van der Waals surface area contributed by atoms with Crippen LogP contribution in [0.2, 0.25) is 0 Å². The van der Waals surface area contributed by atoms with E-state index in [1.807, 2.05) is 13.8 Å². The van der Waals surface area contributed by atoms with Crippen molar-refractivity contribution in [3.63, 3.8) is 0 Å². The Morgan fingerprint density at radius 1 is 1.12 bits per heavy atom. The molecule has 0 bridgehead atoms. The predicted octanol–water partition coefficient (Wildman–Crippen LogP) is -0.351. The molecule has 5 heteroatoms. The lowest BCUT2D eigenvalue weighted by Gasteiger charge is -1.95. The first-order valence-corrected chi connectivity index (χ1v) is 2.41. The highest BCUT2D eigenvalue weighted by Crippen LogP contribution is 1.92. The fraction of sp³-hybridized carbons (Fsp3) is 1.00. The molecule has 0 radical (unpaired) electrons. The fourth-order valence-corrected chi connectivity index (χ4v) is 0.342. The van der Waals surface area contributed by atoms with Gasteiger partial charge in [0.2, 0.25) is 0 Å². The summed E-state index contributed by atoms with van der Waals surface area (Å²) in [6, 6.07) is 0.255. The molecule has 5 nitrogen and oxygen atoms in total. The molecule has 0 amide bonds. The van der Waals surface area contributed by atoms with Crippen LogP contribution in [0.3, 0.4) is 0 Å². The van der Waals surface area contributed by atoms with Gasteiger partial charge in [0, 0.05) is 0 Å². The minimum atomic E-state index is 0.255. The fourth-order valence-electron chi connectivity index (χ4n) is 0.342. The molecule has 44 valence electrons. The van der Waals surface area contributed by atoms with E-state index in [2.05, 4.69) is 20.9 Å². The zero-order chi connectivity index (χ0) is 5.98. The molecule has 0 atom stereocenters. The molecule has 0 aliphatic carbocycles. The summed E-state index contributed by atoms with van der Waals surface area (Å²) in [4.78, 5) is 1.44. The highest BCUT2D eigenvalue weighted by molar-refractivity contribution is 4.38. The van der Waals surface area contributed by atoms with Gasteiger partial charge in [0.1, 0.15) is 0 Å². The van der Waals surface area contributed by atoms with Crippen LogP contribution in [0.4, 0.5) is 0 Å². The third-order valence-electron chi connectivity index (χ3n) is 0.765. The smallest absolute Gasteiger partial charge is 0.0696 e. The van der Waals surface area contributed by atoms with Crippen LogP contribution in [-0.2, 0) is 0 Å². The highest BCUT2D eigenvalue weighted by Gasteiger charge is 1.96. The zero-order valence-corrected chi connectivity index (χ0v) is 4.81. The van der Waals surface area contributed by atoms with Crippen molar-refractivity contribution in [2.24, 2.45) is 0 Å². The van der Waals surface area contributed by atoms with Crippen LogP contribution in [0.15, 0.2) is 0 Å². The van der Waals surface area contributed by atoms with Gasteiger partial charge in [0.25, 0.3) is 0 Å². The Labute approximate surface area is 46.7 Å². The van der Waals surface area contributed by atoms with Crippen molar-refractivity contribution in [1.29, 1.82) is 0 Å². The standard InChI is InChI=1S/C3H7N5/c1-3(2)8-6-4-5-7-8/h3H,1-2H3. The van der Waals surface area contributed by atoms with Gasteiger partial charge in [-0.05, 0) is 34.7 Å². The molecule has 0 aliphatic heterocycles. The highest BCUT2D eigenvalue weighted by atomic mass is 15.7. The van der Waals surface area contributed by atoms with Crippen molar-refractivity contribution in [2.45, 2.75) is 19.9 Å². The second-order valence-electron chi connectivity index (χ2n) is 1.77. The summed E-state index contributed by atoms with van der Waals surface area (Å²) in [5.41, 5.74) is 0. The second kappa shape index (κ2) is 1.85. The Bertz CT molecular complexity index is 143. The van der Waals surface area contributed by atoms with Gasteiger partial charge in [-0.15, -0.1) is 4.80 Å². The molecule has 0 aromatic carbocycles. The molecule has 0 aliphatic rings. The molecule has 0 fully saturated rings. The van der Waals surface area contributed by atoms with E-state index in [9.17, 15) is 0 Å². The Morgan fingerprint density at radius 2 is 1.62 bits per heavy atom. The minimum absolute atomic E-state index is 0.255. The number of nitrogens with zero attached hydrogens (tertiary/aromatic N) is 5. The lowest BCUT2D eigenvalue weighted by molar-refractivity contribution is 0.449. The molecule has 0 saturated heterocycles. The van der Waals surface area contributed by atoms with E-state index in [0.29, 0.717) is 0 Å². The van der Waals surface area contributed by atoms with E-state index in [0.717, 1.165) is 0 Å². The Hall–Kier alpha value is -1.00. The topological polar surface area (TPSA) is 56.5 Å². The van der Waals surface area contributed by atoms with Crippen molar-refractivity contribution in [2.75, 3.05) is 0 Å². The summed E-state index contributed by atoms with van der Waals surface area (Å²) in [5.74, 6) is 0. The summed E-state index contributed by atoms with van der Waals surface area (Å²) in [6.45, 7) is 3.92. The van der Waals surface area contributed by atoms with Gasteiger partial charge in [-0.2, -0.15) is 0 Å². The maximum atomic E-state index is 3.56. The van der Waals surface area contributed by atoms with Crippen LogP contribution in [0.1, 0.15) is 19.9 Å². The normalized spacial score (nSPS) is 10.4. The van der Waals surface area contributed by atoms with Crippen molar-refractivity contribution >= 4 is 0 Å². The molecule has 1 aromatic rings. The van der Waals surface area contributed by atoms with E-state index in [-0.39, 0.29) is 6.04 Å². The Kier molecular flexibility index (Phi) is 1.19. The maximum Gasteiger partial charge on any atom is 0.0696 e. The van der Waals surface area contributed by atoms with E-state index >= 15 is 0 Å².